The normalized spacial score (nSPS) is 17.9. The van der Waals surface area contributed by atoms with Crippen LogP contribution >= 0.6 is 0 Å². The SMILES string of the molecule is OC1(Cc2c3ccoc3cc3ccoc23)CC1. The highest BCUT2D eigenvalue weighted by atomic mass is 16.3. The molecule has 3 nitrogen and oxygen atoms in total. The maximum atomic E-state index is 10.1. The first-order valence-electron chi connectivity index (χ1n) is 5.84. The van der Waals surface area contributed by atoms with Crippen LogP contribution in [0.3, 0.4) is 0 Å². The molecular weight excluding hydrogens is 216 g/mol. The molecular formula is C14H12O3. The van der Waals surface area contributed by atoms with Crippen molar-refractivity contribution in [2.75, 3.05) is 0 Å². The Labute approximate surface area is 97.6 Å². The van der Waals surface area contributed by atoms with Crippen LogP contribution in [-0.2, 0) is 6.42 Å². The second-order valence-electron chi connectivity index (χ2n) is 4.93. The second kappa shape index (κ2) is 2.93. The summed E-state index contributed by atoms with van der Waals surface area (Å²) in [4.78, 5) is 0. The molecule has 0 atom stereocenters. The van der Waals surface area contributed by atoms with Gasteiger partial charge in [-0.15, -0.1) is 0 Å². The van der Waals surface area contributed by atoms with Gasteiger partial charge in [0, 0.05) is 22.8 Å². The summed E-state index contributed by atoms with van der Waals surface area (Å²) in [6.07, 6.45) is 5.77. The monoisotopic (exact) mass is 228 g/mol. The van der Waals surface area contributed by atoms with Crippen molar-refractivity contribution in [3.05, 3.63) is 36.3 Å². The summed E-state index contributed by atoms with van der Waals surface area (Å²) in [6, 6.07) is 5.85. The molecule has 1 saturated carbocycles. The molecule has 1 fully saturated rings. The molecule has 1 aliphatic carbocycles. The van der Waals surface area contributed by atoms with E-state index >= 15 is 0 Å². The van der Waals surface area contributed by atoms with E-state index in [4.69, 9.17) is 8.83 Å². The molecule has 0 unspecified atom stereocenters. The summed E-state index contributed by atoms with van der Waals surface area (Å²) in [6.45, 7) is 0. The molecule has 0 radical (unpaired) electrons. The lowest BCUT2D eigenvalue weighted by Gasteiger charge is -2.09. The second-order valence-corrected chi connectivity index (χ2v) is 4.93. The predicted octanol–water partition coefficient (Wildman–Crippen LogP) is 3.25. The van der Waals surface area contributed by atoms with Crippen molar-refractivity contribution in [2.45, 2.75) is 24.9 Å². The molecule has 0 saturated heterocycles. The van der Waals surface area contributed by atoms with E-state index in [-0.39, 0.29) is 0 Å². The van der Waals surface area contributed by atoms with Gasteiger partial charge in [0.15, 0.2) is 0 Å². The maximum Gasteiger partial charge on any atom is 0.138 e. The Morgan fingerprint density at radius 1 is 1.18 bits per heavy atom. The predicted molar refractivity (Wildman–Crippen MR) is 63.9 cm³/mol. The van der Waals surface area contributed by atoms with Crippen LogP contribution in [0.1, 0.15) is 18.4 Å². The summed E-state index contributed by atoms with van der Waals surface area (Å²) < 4.78 is 11.0. The number of hydrogen-bond acceptors (Lipinski definition) is 3. The zero-order valence-corrected chi connectivity index (χ0v) is 9.27. The van der Waals surface area contributed by atoms with Crippen molar-refractivity contribution >= 4 is 21.9 Å². The first kappa shape index (κ1) is 9.31. The van der Waals surface area contributed by atoms with Crippen molar-refractivity contribution in [1.82, 2.24) is 0 Å². The molecule has 1 aliphatic rings. The zero-order chi connectivity index (χ0) is 11.5. The molecule has 0 spiro atoms. The van der Waals surface area contributed by atoms with E-state index in [0.717, 1.165) is 40.3 Å². The summed E-state index contributed by atoms with van der Waals surface area (Å²) in [5, 5.41) is 12.2. The minimum absolute atomic E-state index is 0.523. The fourth-order valence-electron chi connectivity index (χ4n) is 2.45. The number of benzene rings is 1. The van der Waals surface area contributed by atoms with Gasteiger partial charge < -0.3 is 13.9 Å². The average molecular weight is 228 g/mol. The van der Waals surface area contributed by atoms with Crippen LogP contribution in [0.4, 0.5) is 0 Å². The van der Waals surface area contributed by atoms with Gasteiger partial charge in [-0.2, -0.15) is 0 Å². The van der Waals surface area contributed by atoms with Crippen molar-refractivity contribution in [3.8, 4) is 0 Å². The molecule has 1 aromatic carbocycles. The van der Waals surface area contributed by atoms with E-state index in [1.54, 1.807) is 12.5 Å². The van der Waals surface area contributed by atoms with Crippen LogP contribution in [0.15, 0.2) is 39.6 Å². The standard InChI is InChI=1S/C14H12O3/c15-14(3-4-14)8-11-10-2-6-16-12(10)7-9-1-5-17-13(9)11/h1-2,5-7,15H,3-4,8H2. The fourth-order valence-corrected chi connectivity index (χ4v) is 2.45. The van der Waals surface area contributed by atoms with Crippen molar-refractivity contribution in [1.29, 1.82) is 0 Å². The van der Waals surface area contributed by atoms with Gasteiger partial charge in [0.2, 0.25) is 0 Å². The number of fused-ring (bicyclic) bond motifs is 2. The smallest absolute Gasteiger partial charge is 0.138 e. The molecule has 3 heteroatoms. The van der Waals surface area contributed by atoms with Crippen LogP contribution in [0.2, 0.25) is 0 Å². The lowest BCUT2D eigenvalue weighted by Crippen LogP contribution is -2.11. The molecule has 4 rings (SSSR count). The topological polar surface area (TPSA) is 46.5 Å². The van der Waals surface area contributed by atoms with Gasteiger partial charge in [-0.1, -0.05) is 0 Å². The summed E-state index contributed by atoms with van der Waals surface area (Å²) in [5.41, 5.74) is 2.28. The maximum absolute atomic E-state index is 10.1. The average Bonchev–Trinajstić information content (AvgIpc) is 2.78. The highest BCUT2D eigenvalue weighted by Gasteiger charge is 2.41. The zero-order valence-electron chi connectivity index (χ0n) is 9.27. The summed E-state index contributed by atoms with van der Waals surface area (Å²) in [5.74, 6) is 0. The molecule has 86 valence electrons. The Hall–Kier alpha value is -1.74. The Morgan fingerprint density at radius 2 is 2.00 bits per heavy atom. The minimum Gasteiger partial charge on any atom is -0.464 e. The van der Waals surface area contributed by atoms with Crippen LogP contribution in [0, 0.1) is 0 Å². The third kappa shape index (κ3) is 1.32. The molecule has 1 N–H and O–H groups in total. The third-order valence-corrected chi connectivity index (χ3v) is 3.61. The lowest BCUT2D eigenvalue weighted by atomic mass is 10.0. The van der Waals surface area contributed by atoms with E-state index in [0.29, 0.717) is 6.42 Å². The van der Waals surface area contributed by atoms with Gasteiger partial charge in [-0.25, -0.2) is 0 Å². The number of furan rings is 2. The Balaban J connectivity index is 2.04. The van der Waals surface area contributed by atoms with Crippen molar-refractivity contribution < 1.29 is 13.9 Å². The molecule has 0 bridgehead atoms. The summed E-state index contributed by atoms with van der Waals surface area (Å²) >= 11 is 0. The van der Waals surface area contributed by atoms with Crippen molar-refractivity contribution in [2.24, 2.45) is 0 Å². The number of rotatable bonds is 2. The first-order valence-corrected chi connectivity index (χ1v) is 5.84. The highest BCUT2D eigenvalue weighted by molar-refractivity contribution is 5.97. The number of aliphatic hydroxyl groups is 1. The quantitative estimate of drug-likeness (QED) is 0.732. The van der Waals surface area contributed by atoms with Gasteiger partial charge in [0.05, 0.1) is 18.1 Å². The summed E-state index contributed by atoms with van der Waals surface area (Å²) in [7, 11) is 0. The van der Waals surface area contributed by atoms with E-state index in [2.05, 4.69) is 0 Å². The van der Waals surface area contributed by atoms with Gasteiger partial charge in [-0.3, -0.25) is 0 Å². The molecule has 0 aliphatic heterocycles. The largest absolute Gasteiger partial charge is 0.464 e. The molecule has 2 aromatic heterocycles. The van der Waals surface area contributed by atoms with Gasteiger partial charge >= 0.3 is 0 Å². The van der Waals surface area contributed by atoms with Crippen LogP contribution < -0.4 is 0 Å². The van der Waals surface area contributed by atoms with Gasteiger partial charge in [-0.05, 0) is 31.0 Å². The van der Waals surface area contributed by atoms with E-state index in [1.165, 1.54) is 0 Å². The Bertz CT molecular complexity index is 652. The van der Waals surface area contributed by atoms with Gasteiger partial charge in [0.1, 0.15) is 11.2 Å². The van der Waals surface area contributed by atoms with E-state index in [9.17, 15) is 5.11 Å². The lowest BCUT2D eigenvalue weighted by molar-refractivity contribution is 0.151. The third-order valence-electron chi connectivity index (χ3n) is 3.61. The van der Waals surface area contributed by atoms with E-state index in [1.807, 2.05) is 18.2 Å². The minimum atomic E-state index is -0.523. The highest BCUT2D eigenvalue weighted by Crippen LogP contribution is 2.42. The van der Waals surface area contributed by atoms with E-state index < -0.39 is 5.60 Å². The Kier molecular flexibility index (Phi) is 1.60. The van der Waals surface area contributed by atoms with Crippen molar-refractivity contribution in [3.63, 3.8) is 0 Å². The molecule has 17 heavy (non-hydrogen) atoms. The van der Waals surface area contributed by atoms with Crippen LogP contribution in [0.25, 0.3) is 21.9 Å². The van der Waals surface area contributed by atoms with Crippen LogP contribution in [-0.4, -0.2) is 10.7 Å². The fraction of sp³-hybridized carbons (Fsp3) is 0.286. The van der Waals surface area contributed by atoms with Gasteiger partial charge in [0.25, 0.3) is 0 Å². The first-order chi connectivity index (χ1) is 8.25. The molecule has 0 amide bonds. The molecule has 3 aromatic rings. The molecule has 2 heterocycles. The van der Waals surface area contributed by atoms with Crippen LogP contribution in [0.5, 0.6) is 0 Å². The number of hydrogen-bond donors (Lipinski definition) is 1. The Morgan fingerprint density at radius 3 is 2.82 bits per heavy atom.